The van der Waals surface area contributed by atoms with Gasteiger partial charge in [-0.05, 0) is 27.4 Å². The Morgan fingerprint density at radius 1 is 1.47 bits per heavy atom. The summed E-state index contributed by atoms with van der Waals surface area (Å²) in [5.74, 6) is -1.31. The van der Waals surface area contributed by atoms with E-state index in [0.29, 0.717) is 10.6 Å². The first-order valence-corrected chi connectivity index (χ1v) is 6.09. The fourth-order valence-corrected chi connectivity index (χ4v) is 2.22. The van der Waals surface area contributed by atoms with Crippen molar-refractivity contribution in [3.8, 4) is 0 Å². The summed E-state index contributed by atoms with van der Waals surface area (Å²) >= 11 is 1.31. The Kier molecular flexibility index (Phi) is 3.71. The van der Waals surface area contributed by atoms with E-state index in [1.807, 2.05) is 0 Å². The van der Waals surface area contributed by atoms with E-state index in [2.05, 4.69) is 10.3 Å². The van der Waals surface area contributed by atoms with Crippen LogP contribution >= 0.6 is 11.3 Å². The van der Waals surface area contributed by atoms with Gasteiger partial charge in [-0.25, -0.2) is 4.79 Å². The lowest BCUT2D eigenvalue weighted by molar-refractivity contribution is -0.389. The summed E-state index contributed by atoms with van der Waals surface area (Å²) in [5, 5.41) is 24.2. The number of nitrogens with one attached hydrogen (secondary N) is 1. The highest BCUT2D eigenvalue weighted by molar-refractivity contribution is 7.10. The van der Waals surface area contributed by atoms with Gasteiger partial charge in [-0.3, -0.25) is 0 Å². The molecule has 0 fully saturated rings. The summed E-state index contributed by atoms with van der Waals surface area (Å²) in [6.07, 6.45) is 1.24. The Morgan fingerprint density at radius 3 is 2.74 bits per heavy atom. The van der Waals surface area contributed by atoms with Crippen LogP contribution in [0.25, 0.3) is 0 Å². The van der Waals surface area contributed by atoms with Crippen LogP contribution in [0.4, 0.5) is 11.5 Å². The third kappa shape index (κ3) is 3.05. The third-order valence-corrected chi connectivity index (χ3v) is 3.26. The molecular formula is C11H9N3O4S. The highest BCUT2D eigenvalue weighted by Gasteiger charge is 2.21. The zero-order valence-electron chi connectivity index (χ0n) is 9.52. The second-order valence-electron chi connectivity index (χ2n) is 3.59. The van der Waals surface area contributed by atoms with E-state index < -0.39 is 16.9 Å². The van der Waals surface area contributed by atoms with Crippen LogP contribution in [0, 0.1) is 10.1 Å². The molecule has 2 heterocycles. The minimum absolute atomic E-state index is 0.284. The van der Waals surface area contributed by atoms with Crippen molar-refractivity contribution in [2.75, 3.05) is 5.32 Å². The predicted molar refractivity (Wildman–Crippen MR) is 69.2 cm³/mol. The molecule has 0 saturated carbocycles. The van der Waals surface area contributed by atoms with E-state index in [1.54, 1.807) is 17.5 Å². The maximum Gasteiger partial charge on any atom is 0.363 e. The molecule has 2 aromatic rings. The number of aromatic nitrogens is 1. The Bertz CT molecular complexity index is 582. The fraction of sp³-hybridized carbons (Fsp3) is 0.0909. The number of nitrogens with zero attached hydrogens (tertiary/aromatic N) is 2. The van der Waals surface area contributed by atoms with Crippen molar-refractivity contribution in [2.24, 2.45) is 0 Å². The molecule has 0 amide bonds. The molecule has 7 nitrogen and oxygen atoms in total. The van der Waals surface area contributed by atoms with Crippen LogP contribution in [0.15, 0.2) is 35.8 Å². The summed E-state index contributed by atoms with van der Waals surface area (Å²) in [7, 11) is 0. The fourth-order valence-electron chi connectivity index (χ4n) is 1.46. The number of aliphatic carboxylic acids is 1. The first-order valence-electron chi connectivity index (χ1n) is 5.21. The zero-order chi connectivity index (χ0) is 13.8. The van der Waals surface area contributed by atoms with Crippen molar-refractivity contribution in [1.29, 1.82) is 0 Å². The van der Waals surface area contributed by atoms with Crippen LogP contribution < -0.4 is 5.32 Å². The summed E-state index contributed by atoms with van der Waals surface area (Å²) in [6.45, 7) is 0. The Morgan fingerprint density at radius 2 is 2.26 bits per heavy atom. The standard InChI is InChI=1S/C11H9N3O4S/c15-11(16)10(8-2-1-5-19-8)13-7-3-4-9(12-6-7)14(17)18/h1-6,10,13H,(H,15,16). The Labute approximate surface area is 111 Å². The number of rotatable bonds is 5. The molecule has 8 heteroatoms. The molecule has 2 rings (SSSR count). The molecule has 0 spiro atoms. The van der Waals surface area contributed by atoms with Gasteiger partial charge in [0.15, 0.2) is 12.2 Å². The van der Waals surface area contributed by atoms with Crippen LogP contribution in [-0.4, -0.2) is 21.0 Å². The van der Waals surface area contributed by atoms with Gasteiger partial charge in [0.25, 0.3) is 0 Å². The summed E-state index contributed by atoms with van der Waals surface area (Å²) in [4.78, 5) is 25.3. The van der Waals surface area contributed by atoms with Gasteiger partial charge in [-0.1, -0.05) is 6.07 Å². The lowest BCUT2D eigenvalue weighted by Gasteiger charge is -2.12. The number of pyridine rings is 1. The molecule has 2 aromatic heterocycles. The first kappa shape index (κ1) is 13.0. The second-order valence-corrected chi connectivity index (χ2v) is 4.57. The summed E-state index contributed by atoms with van der Waals surface area (Å²) in [5.41, 5.74) is 0.409. The van der Waals surface area contributed by atoms with E-state index in [0.717, 1.165) is 0 Å². The van der Waals surface area contributed by atoms with Crippen LogP contribution in [0.2, 0.25) is 0 Å². The maximum absolute atomic E-state index is 11.2. The van der Waals surface area contributed by atoms with Crippen molar-refractivity contribution in [3.05, 3.63) is 50.8 Å². The van der Waals surface area contributed by atoms with Gasteiger partial charge in [-0.2, -0.15) is 0 Å². The molecule has 0 aromatic carbocycles. The number of carboxylic acids is 1. The van der Waals surface area contributed by atoms with E-state index in [9.17, 15) is 14.9 Å². The highest BCUT2D eigenvalue weighted by atomic mass is 32.1. The Balaban J connectivity index is 2.18. The molecule has 19 heavy (non-hydrogen) atoms. The summed E-state index contributed by atoms with van der Waals surface area (Å²) < 4.78 is 0. The topological polar surface area (TPSA) is 105 Å². The number of carbonyl (C=O) groups is 1. The van der Waals surface area contributed by atoms with Gasteiger partial charge in [0.05, 0.1) is 5.69 Å². The minimum Gasteiger partial charge on any atom is -0.479 e. The van der Waals surface area contributed by atoms with Crippen LogP contribution in [0.5, 0.6) is 0 Å². The Hall–Kier alpha value is -2.48. The van der Waals surface area contributed by atoms with Gasteiger partial charge >= 0.3 is 11.8 Å². The molecule has 1 unspecified atom stereocenters. The molecular weight excluding hydrogens is 270 g/mol. The molecule has 1 atom stereocenters. The van der Waals surface area contributed by atoms with E-state index in [4.69, 9.17) is 5.11 Å². The van der Waals surface area contributed by atoms with Crippen LogP contribution in [0.3, 0.4) is 0 Å². The van der Waals surface area contributed by atoms with Crippen molar-refractivity contribution in [2.45, 2.75) is 6.04 Å². The smallest absolute Gasteiger partial charge is 0.363 e. The zero-order valence-corrected chi connectivity index (χ0v) is 10.3. The van der Waals surface area contributed by atoms with Gasteiger partial charge < -0.3 is 20.5 Å². The SMILES string of the molecule is O=C(O)C(Nc1ccc([N+](=O)[O-])nc1)c1cccs1. The molecule has 98 valence electrons. The number of anilines is 1. The summed E-state index contributed by atoms with van der Waals surface area (Å²) in [6, 6.07) is 5.20. The highest BCUT2D eigenvalue weighted by Crippen LogP contribution is 2.24. The van der Waals surface area contributed by atoms with E-state index >= 15 is 0 Å². The second kappa shape index (κ2) is 5.44. The van der Waals surface area contributed by atoms with Crippen LogP contribution in [-0.2, 0) is 4.79 Å². The lowest BCUT2D eigenvalue weighted by Crippen LogP contribution is -2.19. The van der Waals surface area contributed by atoms with Crippen molar-refractivity contribution in [3.63, 3.8) is 0 Å². The lowest BCUT2D eigenvalue weighted by atomic mass is 10.2. The van der Waals surface area contributed by atoms with Gasteiger partial charge in [0.2, 0.25) is 0 Å². The largest absolute Gasteiger partial charge is 0.479 e. The number of thiophene rings is 1. The molecule has 0 saturated heterocycles. The number of hydrogen-bond acceptors (Lipinski definition) is 6. The van der Waals surface area contributed by atoms with Crippen LogP contribution in [0.1, 0.15) is 10.9 Å². The normalized spacial score (nSPS) is 11.8. The quantitative estimate of drug-likeness (QED) is 0.642. The van der Waals surface area contributed by atoms with Crippen molar-refractivity contribution >= 4 is 28.8 Å². The molecule has 2 N–H and O–H groups in total. The molecule has 0 radical (unpaired) electrons. The minimum atomic E-state index is -1.03. The third-order valence-electron chi connectivity index (χ3n) is 2.32. The molecule has 0 aliphatic rings. The van der Waals surface area contributed by atoms with Gasteiger partial charge in [0.1, 0.15) is 0 Å². The maximum atomic E-state index is 11.2. The number of nitro groups is 1. The van der Waals surface area contributed by atoms with Gasteiger partial charge in [0, 0.05) is 10.9 Å². The van der Waals surface area contributed by atoms with Gasteiger partial charge in [-0.15, -0.1) is 11.3 Å². The number of hydrogen-bond donors (Lipinski definition) is 2. The van der Waals surface area contributed by atoms with Crippen molar-refractivity contribution in [1.82, 2.24) is 4.98 Å². The number of carboxylic acid groups (broad SMARTS) is 1. The average molecular weight is 279 g/mol. The molecule has 0 aliphatic carbocycles. The average Bonchev–Trinajstić information content (AvgIpc) is 2.89. The molecule has 0 bridgehead atoms. The monoisotopic (exact) mass is 279 g/mol. The van der Waals surface area contributed by atoms with E-state index in [1.165, 1.54) is 29.7 Å². The molecule has 0 aliphatic heterocycles. The van der Waals surface area contributed by atoms with E-state index in [-0.39, 0.29) is 5.82 Å². The predicted octanol–water partition coefficient (Wildman–Crippen LogP) is 2.29. The first-order chi connectivity index (χ1) is 9.08. The van der Waals surface area contributed by atoms with Crippen molar-refractivity contribution < 1.29 is 14.8 Å².